The minimum absolute atomic E-state index is 0.00626. The molecule has 6 heteroatoms. The van der Waals surface area contributed by atoms with E-state index in [1.807, 2.05) is 24.3 Å². The Morgan fingerprint density at radius 2 is 1.76 bits per heavy atom. The van der Waals surface area contributed by atoms with Gasteiger partial charge in [-0.15, -0.1) is 0 Å². The number of ether oxygens (including phenoxy) is 2. The summed E-state index contributed by atoms with van der Waals surface area (Å²) in [6.45, 7) is 4.25. The van der Waals surface area contributed by atoms with Gasteiger partial charge >= 0.3 is 5.97 Å². The maximum Gasteiger partial charge on any atom is 0.336 e. The molecule has 33 heavy (non-hydrogen) atoms. The van der Waals surface area contributed by atoms with Crippen molar-refractivity contribution in [3.05, 3.63) is 105 Å². The van der Waals surface area contributed by atoms with Gasteiger partial charge in [0, 0.05) is 12.1 Å². The van der Waals surface area contributed by atoms with Crippen molar-refractivity contribution >= 4 is 34.6 Å². The maximum atomic E-state index is 12.8. The number of carbonyl (C=O) groups is 1. The number of hydrogen-bond donors (Lipinski definition) is 0. The van der Waals surface area contributed by atoms with Crippen LogP contribution in [0, 0.1) is 0 Å². The zero-order chi connectivity index (χ0) is 23.4. The highest BCUT2D eigenvalue weighted by molar-refractivity contribution is 6.32. The number of para-hydroxylation sites is 1. The first-order valence-corrected chi connectivity index (χ1v) is 10.8. The highest BCUT2D eigenvalue weighted by Crippen LogP contribution is 2.29. The highest BCUT2D eigenvalue weighted by atomic mass is 35.5. The van der Waals surface area contributed by atoms with E-state index < -0.39 is 5.97 Å². The fourth-order valence-electron chi connectivity index (χ4n) is 3.18. The van der Waals surface area contributed by atoms with Crippen molar-refractivity contribution in [1.82, 2.24) is 0 Å². The summed E-state index contributed by atoms with van der Waals surface area (Å²) in [7, 11) is 0. The van der Waals surface area contributed by atoms with Gasteiger partial charge in [0.1, 0.15) is 23.3 Å². The second kappa shape index (κ2) is 9.76. The van der Waals surface area contributed by atoms with Gasteiger partial charge in [-0.3, -0.25) is 4.79 Å². The molecule has 0 bridgehead atoms. The van der Waals surface area contributed by atoms with Crippen molar-refractivity contribution in [3.63, 3.8) is 0 Å². The number of fused-ring (bicyclic) bond motifs is 1. The predicted octanol–water partition coefficient (Wildman–Crippen LogP) is 6.98. The Morgan fingerprint density at radius 3 is 2.48 bits per heavy atom. The van der Waals surface area contributed by atoms with Gasteiger partial charge in [-0.1, -0.05) is 61.8 Å². The maximum absolute atomic E-state index is 12.8. The third kappa shape index (κ3) is 5.33. The summed E-state index contributed by atoms with van der Waals surface area (Å²) in [5.41, 5.74) is 2.03. The van der Waals surface area contributed by atoms with Crippen LogP contribution in [0.2, 0.25) is 5.02 Å². The summed E-state index contributed by atoms with van der Waals surface area (Å²) in [6.07, 6.45) is 4.25. The minimum Gasteiger partial charge on any atom is -0.460 e. The first-order chi connectivity index (χ1) is 15.9. The zero-order valence-electron chi connectivity index (χ0n) is 18.1. The number of rotatable bonds is 6. The Labute approximate surface area is 195 Å². The summed E-state index contributed by atoms with van der Waals surface area (Å²) in [4.78, 5) is 25.0. The zero-order valence-corrected chi connectivity index (χ0v) is 18.8. The fraction of sp³-hybridized carbons (Fsp3) is 0.111. The molecule has 0 spiro atoms. The second-order valence-corrected chi connectivity index (χ2v) is 8.10. The van der Waals surface area contributed by atoms with Crippen molar-refractivity contribution in [2.45, 2.75) is 19.8 Å². The normalized spacial score (nSPS) is 11.3. The van der Waals surface area contributed by atoms with Crippen molar-refractivity contribution in [2.75, 3.05) is 0 Å². The van der Waals surface area contributed by atoms with Gasteiger partial charge in [0.25, 0.3) is 0 Å². The van der Waals surface area contributed by atoms with Gasteiger partial charge in [-0.05, 0) is 47.4 Å². The molecule has 166 valence electrons. The average molecular weight is 461 g/mol. The number of carbonyl (C=O) groups excluding carboxylic acids is 1. The van der Waals surface area contributed by atoms with Crippen molar-refractivity contribution in [2.24, 2.45) is 0 Å². The largest absolute Gasteiger partial charge is 0.460 e. The molecule has 0 aliphatic heterocycles. The Bertz CT molecular complexity index is 1380. The van der Waals surface area contributed by atoms with Gasteiger partial charge in [-0.25, -0.2) is 4.79 Å². The summed E-state index contributed by atoms with van der Waals surface area (Å²) < 4.78 is 16.5. The Balaban J connectivity index is 1.48. The first-order valence-electron chi connectivity index (χ1n) is 10.4. The predicted molar refractivity (Wildman–Crippen MR) is 129 cm³/mol. The van der Waals surface area contributed by atoms with Crippen LogP contribution in [0.25, 0.3) is 17.0 Å². The van der Waals surface area contributed by atoms with E-state index in [0.717, 1.165) is 5.56 Å². The molecule has 0 N–H and O–H groups in total. The number of halogens is 1. The number of esters is 1. The molecule has 5 nitrogen and oxygen atoms in total. The van der Waals surface area contributed by atoms with E-state index in [0.29, 0.717) is 22.1 Å². The summed E-state index contributed by atoms with van der Waals surface area (Å²) in [6, 6.07) is 19.3. The average Bonchev–Trinajstić information content (AvgIpc) is 2.81. The fourth-order valence-corrected chi connectivity index (χ4v) is 3.35. The van der Waals surface area contributed by atoms with Crippen molar-refractivity contribution in [1.29, 1.82) is 0 Å². The van der Waals surface area contributed by atoms with Crippen LogP contribution in [0.4, 0.5) is 0 Å². The molecular formula is C27H21ClO5. The SMILES string of the molecule is CC(C)c1ccc(/C=C/C(=O)Oc2ccc3c(=O)c(Oc4ccccc4Cl)coc3c2)cc1. The molecule has 3 aromatic carbocycles. The molecule has 1 aromatic heterocycles. The lowest BCUT2D eigenvalue weighted by Gasteiger charge is -2.07. The summed E-state index contributed by atoms with van der Waals surface area (Å²) >= 11 is 6.09. The molecule has 1 heterocycles. The lowest BCUT2D eigenvalue weighted by Crippen LogP contribution is -2.06. The smallest absolute Gasteiger partial charge is 0.336 e. The van der Waals surface area contributed by atoms with Gasteiger partial charge in [0.2, 0.25) is 11.2 Å². The monoisotopic (exact) mass is 460 g/mol. The first kappa shape index (κ1) is 22.4. The van der Waals surface area contributed by atoms with Gasteiger partial charge < -0.3 is 13.9 Å². The van der Waals surface area contributed by atoms with E-state index >= 15 is 0 Å². The van der Waals surface area contributed by atoms with E-state index in [1.165, 1.54) is 36.1 Å². The lowest BCUT2D eigenvalue weighted by molar-refractivity contribution is -0.128. The van der Waals surface area contributed by atoms with Gasteiger partial charge in [-0.2, -0.15) is 0 Å². The Hall–Kier alpha value is -3.83. The molecule has 0 saturated carbocycles. The van der Waals surface area contributed by atoms with E-state index in [2.05, 4.69) is 13.8 Å². The van der Waals surface area contributed by atoms with Crippen LogP contribution in [0.1, 0.15) is 30.9 Å². The highest BCUT2D eigenvalue weighted by Gasteiger charge is 2.12. The second-order valence-electron chi connectivity index (χ2n) is 7.70. The van der Waals surface area contributed by atoms with Crippen molar-refractivity contribution < 1.29 is 18.7 Å². The van der Waals surface area contributed by atoms with Crippen molar-refractivity contribution in [3.8, 4) is 17.2 Å². The van der Waals surface area contributed by atoms with E-state index in [9.17, 15) is 9.59 Å². The molecule has 0 atom stereocenters. The van der Waals surface area contributed by atoms with Crippen LogP contribution < -0.4 is 14.9 Å². The van der Waals surface area contributed by atoms with E-state index in [-0.39, 0.29) is 22.5 Å². The number of hydrogen-bond acceptors (Lipinski definition) is 5. The van der Waals surface area contributed by atoms with Crippen LogP contribution in [-0.4, -0.2) is 5.97 Å². The third-order valence-corrected chi connectivity index (χ3v) is 5.32. The van der Waals surface area contributed by atoms with E-state index in [1.54, 1.807) is 30.3 Å². The Kier molecular flexibility index (Phi) is 6.61. The molecule has 4 aromatic rings. The van der Waals surface area contributed by atoms with Crippen LogP contribution in [-0.2, 0) is 4.79 Å². The Morgan fingerprint density at radius 1 is 1.00 bits per heavy atom. The van der Waals surface area contributed by atoms with Crippen LogP contribution in [0.5, 0.6) is 17.2 Å². The van der Waals surface area contributed by atoms with E-state index in [4.69, 9.17) is 25.5 Å². The molecular weight excluding hydrogens is 440 g/mol. The molecule has 0 amide bonds. The molecule has 4 rings (SSSR count). The topological polar surface area (TPSA) is 65.7 Å². The molecule has 0 saturated heterocycles. The molecule has 0 aliphatic carbocycles. The molecule has 0 radical (unpaired) electrons. The van der Waals surface area contributed by atoms with Gasteiger partial charge in [0.05, 0.1) is 10.4 Å². The standard InChI is InChI=1S/C27H21ClO5/c1-17(2)19-10-7-18(8-11-19)9-14-26(29)32-20-12-13-21-24(15-20)31-16-25(27(21)30)33-23-6-4-3-5-22(23)28/h3-17H,1-2H3/b14-9+. The van der Waals surface area contributed by atoms with Crippen LogP contribution >= 0.6 is 11.6 Å². The molecule has 0 unspecified atom stereocenters. The third-order valence-electron chi connectivity index (χ3n) is 5.00. The lowest BCUT2D eigenvalue weighted by atomic mass is 10.0. The number of benzene rings is 3. The molecule has 0 aliphatic rings. The quantitative estimate of drug-likeness (QED) is 0.176. The summed E-state index contributed by atoms with van der Waals surface area (Å²) in [5.74, 6) is 0.520. The van der Waals surface area contributed by atoms with Crippen LogP contribution in [0.15, 0.2) is 88.3 Å². The van der Waals surface area contributed by atoms with Crippen LogP contribution in [0.3, 0.4) is 0 Å². The molecule has 0 fully saturated rings. The summed E-state index contributed by atoms with van der Waals surface area (Å²) in [5, 5.41) is 0.670. The van der Waals surface area contributed by atoms with Gasteiger partial charge in [0.15, 0.2) is 0 Å². The minimum atomic E-state index is -0.539.